The minimum Gasteiger partial charge on any atom is -0.272 e. The summed E-state index contributed by atoms with van der Waals surface area (Å²) in [6.07, 6.45) is -4.06. The SMILES string of the molecule is CC/C(=N\N1CN=C(C)N(CC(F)(F)F)C1=O)c1ccccc1Cl. The van der Waals surface area contributed by atoms with Crippen LogP contribution in [0.3, 0.4) is 0 Å². The number of rotatable bonds is 4. The average molecular weight is 361 g/mol. The number of benzene rings is 1. The number of hydrazone groups is 1. The van der Waals surface area contributed by atoms with Gasteiger partial charge in [0, 0.05) is 10.6 Å². The van der Waals surface area contributed by atoms with Gasteiger partial charge in [0.2, 0.25) is 0 Å². The molecule has 0 radical (unpaired) electrons. The van der Waals surface area contributed by atoms with Gasteiger partial charge in [-0.2, -0.15) is 23.3 Å². The van der Waals surface area contributed by atoms with Gasteiger partial charge < -0.3 is 0 Å². The van der Waals surface area contributed by atoms with Crippen molar-refractivity contribution in [2.24, 2.45) is 10.1 Å². The topological polar surface area (TPSA) is 48.3 Å². The summed E-state index contributed by atoms with van der Waals surface area (Å²) in [6, 6.07) is 6.07. The molecule has 1 aromatic rings. The number of halogens is 4. The standard InChI is InChI=1S/C15H16ClF3N4O/c1-3-13(11-6-4-5-7-12(11)16)21-23-9-20-10(2)22(14(23)24)8-15(17,18)19/h4-7H,3,8-9H2,1-2H3/b21-13+. The molecule has 0 aliphatic carbocycles. The quantitative estimate of drug-likeness (QED) is 0.745. The Morgan fingerprint density at radius 2 is 2.04 bits per heavy atom. The minimum absolute atomic E-state index is 0.0135. The number of alkyl halides is 3. The number of hydrogen-bond donors (Lipinski definition) is 0. The molecule has 130 valence electrons. The summed E-state index contributed by atoms with van der Waals surface area (Å²) in [7, 11) is 0. The number of nitrogens with zero attached hydrogens (tertiary/aromatic N) is 4. The van der Waals surface area contributed by atoms with Crippen LogP contribution in [0.4, 0.5) is 18.0 Å². The molecule has 2 rings (SSSR count). The Bertz CT molecular complexity index is 688. The largest absolute Gasteiger partial charge is 0.406 e. The minimum atomic E-state index is -4.52. The van der Waals surface area contributed by atoms with Crippen LogP contribution in [0.15, 0.2) is 34.4 Å². The van der Waals surface area contributed by atoms with Crippen molar-refractivity contribution >= 4 is 29.2 Å². The van der Waals surface area contributed by atoms with Crippen molar-refractivity contribution in [3.63, 3.8) is 0 Å². The molecule has 9 heteroatoms. The zero-order valence-corrected chi connectivity index (χ0v) is 13.9. The van der Waals surface area contributed by atoms with E-state index in [-0.39, 0.29) is 12.5 Å². The summed E-state index contributed by atoms with van der Waals surface area (Å²) in [4.78, 5) is 16.8. The highest BCUT2D eigenvalue weighted by atomic mass is 35.5. The summed E-state index contributed by atoms with van der Waals surface area (Å²) in [5.41, 5.74) is 1.12. The predicted molar refractivity (Wildman–Crippen MR) is 86.3 cm³/mol. The first-order valence-corrected chi connectivity index (χ1v) is 7.60. The highest BCUT2D eigenvalue weighted by Gasteiger charge is 2.38. The van der Waals surface area contributed by atoms with Crippen molar-refractivity contribution in [3.05, 3.63) is 34.9 Å². The van der Waals surface area contributed by atoms with E-state index in [0.29, 0.717) is 27.6 Å². The molecular weight excluding hydrogens is 345 g/mol. The average Bonchev–Trinajstić information content (AvgIpc) is 2.51. The second-order valence-corrected chi connectivity index (χ2v) is 5.52. The molecule has 0 bridgehead atoms. The summed E-state index contributed by atoms with van der Waals surface area (Å²) >= 11 is 6.12. The van der Waals surface area contributed by atoms with Crippen LogP contribution in [0.2, 0.25) is 5.02 Å². The Kier molecular flexibility index (Phi) is 5.48. The van der Waals surface area contributed by atoms with Gasteiger partial charge in [0.1, 0.15) is 19.0 Å². The van der Waals surface area contributed by atoms with E-state index in [1.165, 1.54) is 6.92 Å². The van der Waals surface area contributed by atoms with Crippen LogP contribution < -0.4 is 0 Å². The first kappa shape index (κ1) is 18.3. The van der Waals surface area contributed by atoms with Crippen LogP contribution in [-0.4, -0.2) is 46.9 Å². The molecule has 0 N–H and O–H groups in total. The van der Waals surface area contributed by atoms with Crippen LogP contribution in [-0.2, 0) is 0 Å². The number of urea groups is 1. The lowest BCUT2D eigenvalue weighted by Crippen LogP contribution is -2.51. The number of carbonyl (C=O) groups is 1. The highest BCUT2D eigenvalue weighted by Crippen LogP contribution is 2.22. The molecule has 1 heterocycles. The fourth-order valence-corrected chi connectivity index (χ4v) is 2.43. The maximum Gasteiger partial charge on any atom is 0.406 e. The molecule has 2 amide bonds. The first-order valence-electron chi connectivity index (χ1n) is 7.22. The fourth-order valence-electron chi connectivity index (χ4n) is 2.18. The molecule has 0 saturated carbocycles. The summed E-state index contributed by atoms with van der Waals surface area (Å²) in [5, 5.41) is 5.55. The van der Waals surface area contributed by atoms with Gasteiger partial charge in [-0.25, -0.2) is 9.79 Å². The molecule has 1 aromatic carbocycles. The van der Waals surface area contributed by atoms with E-state index in [0.717, 1.165) is 5.01 Å². The Hall–Kier alpha value is -2.09. The monoisotopic (exact) mass is 360 g/mol. The van der Waals surface area contributed by atoms with E-state index in [2.05, 4.69) is 10.1 Å². The third kappa shape index (κ3) is 4.25. The van der Waals surface area contributed by atoms with Crippen molar-refractivity contribution in [1.82, 2.24) is 9.91 Å². The van der Waals surface area contributed by atoms with Crippen molar-refractivity contribution < 1.29 is 18.0 Å². The molecule has 1 aliphatic rings. The maximum atomic E-state index is 12.6. The number of amides is 2. The molecule has 0 fully saturated rings. The third-order valence-electron chi connectivity index (χ3n) is 3.37. The van der Waals surface area contributed by atoms with E-state index in [1.54, 1.807) is 24.3 Å². The molecule has 24 heavy (non-hydrogen) atoms. The first-order chi connectivity index (χ1) is 11.2. The molecule has 0 aromatic heterocycles. The second-order valence-electron chi connectivity index (χ2n) is 5.11. The molecule has 0 unspecified atom stereocenters. The smallest absolute Gasteiger partial charge is 0.272 e. The summed E-state index contributed by atoms with van der Waals surface area (Å²) in [5.74, 6) is 0.0135. The molecule has 5 nitrogen and oxygen atoms in total. The summed E-state index contributed by atoms with van der Waals surface area (Å²) in [6.45, 7) is 1.64. The van der Waals surface area contributed by atoms with Crippen LogP contribution in [0.25, 0.3) is 0 Å². The van der Waals surface area contributed by atoms with Crippen LogP contribution in [0.1, 0.15) is 25.8 Å². The summed E-state index contributed by atoms with van der Waals surface area (Å²) < 4.78 is 37.9. The van der Waals surface area contributed by atoms with Gasteiger partial charge in [-0.3, -0.25) is 4.90 Å². The predicted octanol–water partition coefficient (Wildman–Crippen LogP) is 4.13. The normalized spacial score (nSPS) is 16.5. The van der Waals surface area contributed by atoms with Crippen LogP contribution in [0.5, 0.6) is 0 Å². The molecule has 1 aliphatic heterocycles. The van der Waals surface area contributed by atoms with Gasteiger partial charge in [0.15, 0.2) is 0 Å². The number of aliphatic imine (C=N–C) groups is 1. The lowest BCUT2D eigenvalue weighted by atomic mass is 10.1. The van der Waals surface area contributed by atoms with Crippen molar-refractivity contribution in [2.45, 2.75) is 26.4 Å². The Morgan fingerprint density at radius 1 is 1.38 bits per heavy atom. The molecular formula is C15H16ClF3N4O. The van der Waals surface area contributed by atoms with E-state index in [1.807, 2.05) is 6.92 Å². The van der Waals surface area contributed by atoms with E-state index in [9.17, 15) is 18.0 Å². The van der Waals surface area contributed by atoms with E-state index in [4.69, 9.17) is 11.6 Å². The third-order valence-corrected chi connectivity index (χ3v) is 3.70. The van der Waals surface area contributed by atoms with Crippen molar-refractivity contribution in [3.8, 4) is 0 Å². The Labute approximate surface area is 142 Å². The zero-order valence-electron chi connectivity index (χ0n) is 13.1. The van der Waals surface area contributed by atoms with Gasteiger partial charge in [-0.05, 0) is 19.4 Å². The number of amidine groups is 1. The van der Waals surface area contributed by atoms with Gasteiger partial charge >= 0.3 is 12.2 Å². The highest BCUT2D eigenvalue weighted by molar-refractivity contribution is 6.34. The maximum absolute atomic E-state index is 12.6. The molecule has 0 atom stereocenters. The van der Waals surface area contributed by atoms with Crippen molar-refractivity contribution in [1.29, 1.82) is 0 Å². The second kappa shape index (κ2) is 7.21. The van der Waals surface area contributed by atoms with Gasteiger partial charge in [0.05, 0.1) is 5.71 Å². The Morgan fingerprint density at radius 3 is 2.62 bits per heavy atom. The van der Waals surface area contributed by atoms with Crippen LogP contribution >= 0.6 is 11.6 Å². The van der Waals surface area contributed by atoms with Crippen LogP contribution in [0, 0.1) is 0 Å². The number of carbonyl (C=O) groups excluding carboxylic acids is 1. The van der Waals surface area contributed by atoms with Gasteiger partial charge in [-0.1, -0.05) is 36.7 Å². The Balaban J connectivity index is 2.31. The fraction of sp³-hybridized carbons (Fsp3) is 0.400. The molecule has 0 spiro atoms. The lowest BCUT2D eigenvalue weighted by Gasteiger charge is -2.31. The zero-order chi connectivity index (χ0) is 17.9. The van der Waals surface area contributed by atoms with Gasteiger partial charge in [-0.15, -0.1) is 0 Å². The van der Waals surface area contributed by atoms with E-state index >= 15 is 0 Å². The van der Waals surface area contributed by atoms with Gasteiger partial charge in [0.25, 0.3) is 0 Å². The number of hydrogen-bond acceptors (Lipinski definition) is 3. The van der Waals surface area contributed by atoms with Crippen molar-refractivity contribution in [2.75, 3.05) is 13.2 Å². The lowest BCUT2D eigenvalue weighted by molar-refractivity contribution is -0.134. The molecule has 0 saturated heterocycles. The van der Waals surface area contributed by atoms with E-state index < -0.39 is 18.8 Å².